The van der Waals surface area contributed by atoms with Crippen molar-refractivity contribution >= 4 is 0 Å². The summed E-state index contributed by atoms with van der Waals surface area (Å²) < 4.78 is 11.7. The van der Waals surface area contributed by atoms with Crippen molar-refractivity contribution < 1.29 is 65.6 Å². The molecule has 0 bridgehead atoms. The molecule has 0 aliphatic carbocycles. The molecule has 0 spiro atoms. The Hall–Kier alpha value is -5.40. The lowest BCUT2D eigenvalue weighted by molar-refractivity contribution is 0.00564. The quantitative estimate of drug-likeness (QED) is 0.153. The predicted molar refractivity (Wildman–Crippen MR) is 145 cm³/mol. The molecule has 13 nitrogen and oxygen atoms in total. The minimum absolute atomic E-state index is 0.0248. The third kappa shape index (κ3) is 4.42. The highest BCUT2D eigenvalue weighted by molar-refractivity contribution is 5.65. The SMILES string of the molecule is Oc1cc(O)c2c(c1)O[C@H](c1cc(O)c(O)c(O)c1)[C@H](O)[C@H]2c1c(O)cc2c(c1O)C[C@H](O)[C@@H](c1ccc(O)c(O)c1)O2. The van der Waals surface area contributed by atoms with Gasteiger partial charge < -0.3 is 65.6 Å². The van der Waals surface area contributed by atoms with E-state index in [-0.39, 0.29) is 45.9 Å². The van der Waals surface area contributed by atoms with Crippen LogP contribution >= 0.6 is 0 Å². The highest BCUT2D eigenvalue weighted by atomic mass is 16.5. The predicted octanol–water partition coefficient (Wildman–Crippen LogP) is 2.70. The minimum Gasteiger partial charge on any atom is -0.508 e. The van der Waals surface area contributed by atoms with Crippen molar-refractivity contribution in [3.8, 4) is 63.2 Å². The van der Waals surface area contributed by atoms with E-state index in [0.717, 1.165) is 30.3 Å². The fraction of sp³-hybridized carbons (Fsp3) is 0.200. The highest BCUT2D eigenvalue weighted by Crippen LogP contribution is 2.57. The zero-order chi connectivity index (χ0) is 30.9. The number of benzene rings is 4. The summed E-state index contributed by atoms with van der Waals surface area (Å²) in [5.41, 5.74) is -0.0816. The van der Waals surface area contributed by atoms with E-state index >= 15 is 0 Å². The number of ether oxygens (including phenoxy) is 2. The number of phenolic OH excluding ortho intramolecular Hbond substituents is 9. The second-order valence-electron chi connectivity index (χ2n) is 10.5. The van der Waals surface area contributed by atoms with Crippen molar-refractivity contribution in [2.75, 3.05) is 0 Å². The third-order valence-corrected chi connectivity index (χ3v) is 7.78. The first kappa shape index (κ1) is 27.8. The third-order valence-electron chi connectivity index (χ3n) is 7.78. The van der Waals surface area contributed by atoms with Crippen LogP contribution in [0.3, 0.4) is 0 Å². The number of aliphatic hydroxyl groups is 2. The molecular formula is C30H26O13. The van der Waals surface area contributed by atoms with E-state index in [9.17, 15) is 56.2 Å². The lowest BCUT2D eigenvalue weighted by atomic mass is 9.77. The van der Waals surface area contributed by atoms with Crippen LogP contribution in [0.1, 0.15) is 45.9 Å². The Morgan fingerprint density at radius 3 is 1.84 bits per heavy atom. The van der Waals surface area contributed by atoms with Crippen LogP contribution in [0.4, 0.5) is 0 Å². The summed E-state index contributed by atoms with van der Waals surface area (Å²) in [5, 5.41) is 116. The summed E-state index contributed by atoms with van der Waals surface area (Å²) in [7, 11) is 0. The van der Waals surface area contributed by atoms with Crippen LogP contribution < -0.4 is 9.47 Å². The smallest absolute Gasteiger partial charge is 0.200 e. The monoisotopic (exact) mass is 594 g/mol. The van der Waals surface area contributed by atoms with Gasteiger partial charge in [0.2, 0.25) is 0 Å². The lowest BCUT2D eigenvalue weighted by Gasteiger charge is -2.39. The van der Waals surface area contributed by atoms with Crippen molar-refractivity contribution in [2.24, 2.45) is 0 Å². The summed E-state index contributed by atoms with van der Waals surface area (Å²) in [6.45, 7) is 0. The van der Waals surface area contributed by atoms with Gasteiger partial charge in [0.1, 0.15) is 46.7 Å². The molecule has 2 aliphatic heterocycles. The summed E-state index contributed by atoms with van der Waals surface area (Å²) >= 11 is 0. The fourth-order valence-corrected chi connectivity index (χ4v) is 5.77. The number of phenols is 9. The molecule has 224 valence electrons. The molecule has 0 saturated heterocycles. The molecule has 5 atom stereocenters. The zero-order valence-corrected chi connectivity index (χ0v) is 21.9. The number of aliphatic hydroxyl groups excluding tert-OH is 2. The summed E-state index contributed by atoms with van der Waals surface area (Å²) in [6, 6.07) is 9.12. The molecule has 0 saturated carbocycles. The Bertz CT molecular complexity index is 1750. The van der Waals surface area contributed by atoms with Crippen LogP contribution in [-0.4, -0.2) is 68.4 Å². The molecule has 2 heterocycles. The number of rotatable bonds is 3. The van der Waals surface area contributed by atoms with Gasteiger partial charge in [-0.1, -0.05) is 6.07 Å². The van der Waals surface area contributed by atoms with E-state index in [2.05, 4.69) is 0 Å². The normalized spacial score (nSPS) is 22.6. The first-order valence-corrected chi connectivity index (χ1v) is 12.9. The van der Waals surface area contributed by atoms with E-state index in [1.54, 1.807) is 0 Å². The van der Waals surface area contributed by atoms with Gasteiger partial charge in [-0.2, -0.15) is 0 Å². The van der Waals surface area contributed by atoms with Gasteiger partial charge in [0.15, 0.2) is 34.9 Å². The highest BCUT2D eigenvalue weighted by Gasteiger charge is 2.45. The average molecular weight is 595 g/mol. The Balaban J connectivity index is 1.48. The Morgan fingerprint density at radius 2 is 1.16 bits per heavy atom. The van der Waals surface area contributed by atoms with E-state index < -0.39 is 76.3 Å². The number of aromatic hydroxyl groups is 9. The molecule has 2 aliphatic rings. The summed E-state index contributed by atoms with van der Waals surface area (Å²) in [4.78, 5) is 0. The second-order valence-corrected chi connectivity index (χ2v) is 10.5. The molecule has 4 aromatic carbocycles. The topological polar surface area (TPSA) is 241 Å². The fourth-order valence-electron chi connectivity index (χ4n) is 5.77. The molecule has 11 N–H and O–H groups in total. The maximum absolute atomic E-state index is 11.6. The molecule has 13 heteroatoms. The van der Waals surface area contributed by atoms with Gasteiger partial charge in [0.25, 0.3) is 0 Å². The maximum Gasteiger partial charge on any atom is 0.200 e. The van der Waals surface area contributed by atoms with Crippen molar-refractivity contribution in [2.45, 2.75) is 36.8 Å². The van der Waals surface area contributed by atoms with Crippen molar-refractivity contribution in [1.29, 1.82) is 0 Å². The zero-order valence-electron chi connectivity index (χ0n) is 21.9. The summed E-state index contributed by atoms with van der Waals surface area (Å²) in [6.07, 6.45) is -5.68. The van der Waals surface area contributed by atoms with Crippen LogP contribution in [0, 0.1) is 0 Å². The molecule has 0 radical (unpaired) electrons. The molecule has 6 rings (SSSR count). The van der Waals surface area contributed by atoms with Crippen molar-refractivity contribution in [3.63, 3.8) is 0 Å². The van der Waals surface area contributed by atoms with Gasteiger partial charge in [-0.25, -0.2) is 0 Å². The number of fused-ring (bicyclic) bond motifs is 2. The molecule has 0 fully saturated rings. The minimum atomic E-state index is -1.72. The van der Waals surface area contributed by atoms with Gasteiger partial charge in [0.05, 0.1) is 12.0 Å². The number of hydrogen-bond acceptors (Lipinski definition) is 13. The molecule has 43 heavy (non-hydrogen) atoms. The Kier molecular flexibility index (Phi) is 6.36. The van der Waals surface area contributed by atoms with Gasteiger partial charge in [-0.3, -0.25) is 0 Å². The van der Waals surface area contributed by atoms with Gasteiger partial charge in [-0.05, 0) is 29.8 Å². The van der Waals surface area contributed by atoms with Crippen LogP contribution in [0.2, 0.25) is 0 Å². The van der Waals surface area contributed by atoms with E-state index in [0.29, 0.717) is 5.56 Å². The van der Waals surface area contributed by atoms with E-state index in [1.807, 2.05) is 0 Å². The molecule has 4 aromatic rings. The Morgan fingerprint density at radius 1 is 0.535 bits per heavy atom. The van der Waals surface area contributed by atoms with Crippen molar-refractivity contribution in [1.82, 2.24) is 0 Å². The van der Waals surface area contributed by atoms with Crippen LogP contribution in [0.5, 0.6) is 63.2 Å². The van der Waals surface area contributed by atoms with Crippen LogP contribution in [0.25, 0.3) is 0 Å². The largest absolute Gasteiger partial charge is 0.508 e. The average Bonchev–Trinajstić information content (AvgIpc) is 2.94. The van der Waals surface area contributed by atoms with Crippen LogP contribution in [-0.2, 0) is 6.42 Å². The van der Waals surface area contributed by atoms with Crippen molar-refractivity contribution in [3.05, 3.63) is 76.3 Å². The Labute approximate surface area is 242 Å². The maximum atomic E-state index is 11.6. The number of hydrogen-bond donors (Lipinski definition) is 11. The van der Waals surface area contributed by atoms with Crippen LogP contribution in [0.15, 0.2) is 48.5 Å². The summed E-state index contributed by atoms with van der Waals surface area (Å²) in [5.74, 6) is -6.85. The van der Waals surface area contributed by atoms with E-state index in [4.69, 9.17) is 9.47 Å². The second kappa shape index (κ2) is 9.86. The molecule has 0 unspecified atom stereocenters. The standard InChI is InChI=1S/C30H26O13/c31-12-6-16(34)23-22(7-12)43-30(11-4-18(36)27(40)19(37)5-11)28(41)25(23)24-17(35)9-21-13(26(24)39)8-20(38)29(42-21)10-1-2-14(32)15(33)3-10/h1-7,9,20,25,28-41H,8H2/t20-,25+,28+,29+,30+/m0/s1. The lowest BCUT2D eigenvalue weighted by Crippen LogP contribution is -2.35. The van der Waals surface area contributed by atoms with Gasteiger partial charge in [-0.15, -0.1) is 0 Å². The van der Waals surface area contributed by atoms with E-state index in [1.165, 1.54) is 18.2 Å². The molecule has 0 amide bonds. The molecular weight excluding hydrogens is 568 g/mol. The first-order chi connectivity index (χ1) is 20.3. The van der Waals surface area contributed by atoms with Gasteiger partial charge >= 0.3 is 0 Å². The molecule has 0 aromatic heterocycles. The first-order valence-electron chi connectivity index (χ1n) is 12.9. The van der Waals surface area contributed by atoms with Gasteiger partial charge in [0, 0.05) is 46.9 Å².